The van der Waals surface area contributed by atoms with E-state index in [9.17, 15) is 18.0 Å². The van der Waals surface area contributed by atoms with Crippen molar-refractivity contribution in [1.82, 2.24) is 15.2 Å². The molecule has 2 N–H and O–H groups in total. The van der Waals surface area contributed by atoms with Crippen molar-refractivity contribution in [2.75, 3.05) is 61.8 Å². The normalized spacial score (nSPS) is 16.1. The molecule has 3 heterocycles. The minimum atomic E-state index is -4.46. The molecule has 7 nitrogen and oxygen atoms in total. The number of amides is 1. The number of hydrogen-bond donors (Lipinski definition) is 2. The molecule has 5 rings (SSSR count). The van der Waals surface area contributed by atoms with E-state index in [1.165, 1.54) is 6.07 Å². The SMILES string of the molecule is N#Cc1ccc(-c2cnccc2SCC2CCN(C(=O)CCNc3ccc(N4CCNCC4)c(C(F)(F)F)c3)CC2)cc1. The Hall–Kier alpha value is -3.75. The van der Waals surface area contributed by atoms with Crippen molar-refractivity contribution in [3.8, 4) is 17.2 Å². The summed E-state index contributed by atoms with van der Waals surface area (Å²) in [5.41, 5.74) is 2.60. The van der Waals surface area contributed by atoms with Crippen molar-refractivity contribution < 1.29 is 18.0 Å². The highest BCUT2D eigenvalue weighted by Gasteiger charge is 2.35. The van der Waals surface area contributed by atoms with Crippen LogP contribution in [0.2, 0.25) is 0 Å². The number of pyridine rings is 1. The first kappa shape index (κ1) is 30.7. The molecule has 0 saturated carbocycles. The maximum atomic E-state index is 13.8. The Morgan fingerprint density at radius 2 is 1.81 bits per heavy atom. The molecule has 0 atom stereocenters. The molecule has 0 bridgehead atoms. The number of carbonyl (C=O) groups excluding carboxylic acids is 1. The summed E-state index contributed by atoms with van der Waals surface area (Å²) in [5.74, 6) is 1.43. The fourth-order valence-electron chi connectivity index (χ4n) is 5.53. The van der Waals surface area contributed by atoms with Gasteiger partial charge in [0.05, 0.1) is 17.2 Å². The van der Waals surface area contributed by atoms with E-state index in [0.29, 0.717) is 56.4 Å². The number of hydrogen-bond acceptors (Lipinski definition) is 7. The van der Waals surface area contributed by atoms with Crippen LogP contribution in [0, 0.1) is 17.2 Å². The summed E-state index contributed by atoms with van der Waals surface area (Å²) in [7, 11) is 0. The molecule has 2 aliphatic heterocycles. The molecule has 0 spiro atoms. The number of piperazine rings is 1. The Morgan fingerprint density at radius 3 is 2.51 bits per heavy atom. The Balaban J connectivity index is 1.08. The lowest BCUT2D eigenvalue weighted by Gasteiger charge is -2.32. The average molecular weight is 609 g/mol. The van der Waals surface area contributed by atoms with Crippen molar-refractivity contribution in [3.05, 3.63) is 72.1 Å². The molecule has 3 aromatic rings. The Kier molecular flexibility index (Phi) is 10.1. The van der Waals surface area contributed by atoms with Crippen LogP contribution in [0.4, 0.5) is 24.5 Å². The third-order valence-corrected chi connectivity index (χ3v) is 9.28. The van der Waals surface area contributed by atoms with Gasteiger partial charge in [-0.2, -0.15) is 18.4 Å². The molecular formula is C32H35F3N6OS. The van der Waals surface area contributed by atoms with E-state index in [2.05, 4.69) is 21.7 Å². The number of nitrogens with zero attached hydrogens (tertiary/aromatic N) is 4. The number of nitrogens with one attached hydrogen (secondary N) is 2. The average Bonchev–Trinajstić information content (AvgIpc) is 3.04. The summed E-state index contributed by atoms with van der Waals surface area (Å²) in [6.07, 6.45) is 1.22. The minimum absolute atomic E-state index is 0.0179. The van der Waals surface area contributed by atoms with Gasteiger partial charge in [-0.25, -0.2) is 0 Å². The van der Waals surface area contributed by atoms with Crippen LogP contribution in [0.25, 0.3) is 11.1 Å². The first-order valence-electron chi connectivity index (χ1n) is 14.6. The molecule has 2 aliphatic rings. The number of likely N-dealkylation sites (tertiary alicyclic amines) is 1. The molecule has 0 unspecified atom stereocenters. The molecule has 2 aromatic carbocycles. The summed E-state index contributed by atoms with van der Waals surface area (Å²) < 4.78 is 41.5. The molecule has 43 heavy (non-hydrogen) atoms. The largest absolute Gasteiger partial charge is 0.418 e. The summed E-state index contributed by atoms with van der Waals surface area (Å²) >= 11 is 1.79. The molecule has 2 fully saturated rings. The van der Waals surface area contributed by atoms with E-state index < -0.39 is 11.7 Å². The summed E-state index contributed by atoms with van der Waals surface area (Å²) in [5, 5.41) is 15.3. The molecule has 0 radical (unpaired) electrons. The zero-order chi connectivity index (χ0) is 30.2. The molecule has 1 aromatic heterocycles. The zero-order valence-electron chi connectivity index (χ0n) is 23.9. The molecule has 2 saturated heterocycles. The lowest BCUT2D eigenvalue weighted by molar-refractivity contribution is -0.137. The van der Waals surface area contributed by atoms with Crippen LogP contribution in [-0.2, 0) is 11.0 Å². The number of halogens is 3. The molecule has 0 aliphatic carbocycles. The molecule has 1 amide bonds. The zero-order valence-corrected chi connectivity index (χ0v) is 24.7. The monoisotopic (exact) mass is 608 g/mol. The summed E-state index contributed by atoms with van der Waals surface area (Å²) in [6, 6.07) is 16.0. The number of alkyl halides is 3. The van der Waals surface area contributed by atoms with Crippen molar-refractivity contribution in [3.63, 3.8) is 0 Å². The van der Waals surface area contributed by atoms with Gasteiger partial charge >= 0.3 is 6.18 Å². The number of carbonyl (C=O) groups is 1. The van der Waals surface area contributed by atoms with E-state index in [1.807, 2.05) is 41.4 Å². The molecule has 11 heteroatoms. The third-order valence-electron chi connectivity index (χ3n) is 7.98. The van der Waals surface area contributed by atoms with Gasteiger partial charge in [0, 0.05) is 92.2 Å². The predicted molar refractivity (Wildman–Crippen MR) is 164 cm³/mol. The van der Waals surface area contributed by atoms with Crippen LogP contribution in [0.15, 0.2) is 65.8 Å². The van der Waals surface area contributed by atoms with Gasteiger partial charge in [0.25, 0.3) is 0 Å². The predicted octanol–water partition coefficient (Wildman–Crippen LogP) is 5.88. The number of anilines is 2. The standard InChI is InChI=1S/C32H35F3N6OS/c33-32(34,35)28-19-26(5-6-29(28)40-17-13-37-14-18-40)39-12-8-31(42)41-15-9-24(10-16-41)22-43-30-7-11-38-21-27(30)25-3-1-23(20-36)2-4-25/h1-7,11,19,21,24,37,39H,8-10,12-18,22H2. The highest BCUT2D eigenvalue weighted by molar-refractivity contribution is 7.99. The van der Waals surface area contributed by atoms with Gasteiger partial charge in [-0.15, -0.1) is 11.8 Å². The van der Waals surface area contributed by atoms with Crippen LogP contribution in [-0.4, -0.2) is 67.4 Å². The maximum absolute atomic E-state index is 13.8. The van der Waals surface area contributed by atoms with Crippen LogP contribution in [0.1, 0.15) is 30.4 Å². The first-order chi connectivity index (χ1) is 20.8. The van der Waals surface area contributed by atoms with Gasteiger partial charge in [0.2, 0.25) is 5.91 Å². The van der Waals surface area contributed by atoms with E-state index in [0.717, 1.165) is 40.7 Å². The van der Waals surface area contributed by atoms with E-state index in [-0.39, 0.29) is 24.6 Å². The highest BCUT2D eigenvalue weighted by Crippen LogP contribution is 2.38. The Labute approximate surface area is 254 Å². The maximum Gasteiger partial charge on any atom is 0.418 e. The van der Waals surface area contributed by atoms with Crippen molar-refractivity contribution in [2.24, 2.45) is 5.92 Å². The quantitative estimate of drug-likeness (QED) is 0.294. The number of rotatable bonds is 9. The van der Waals surface area contributed by atoms with Crippen molar-refractivity contribution >= 4 is 29.0 Å². The fraction of sp³-hybridized carbons (Fsp3) is 0.406. The molecule has 226 valence electrons. The van der Waals surface area contributed by atoms with Crippen LogP contribution in [0.5, 0.6) is 0 Å². The Morgan fingerprint density at radius 1 is 1.07 bits per heavy atom. The van der Waals surface area contributed by atoms with Gasteiger partial charge in [0.15, 0.2) is 0 Å². The van der Waals surface area contributed by atoms with Gasteiger partial charge in [-0.3, -0.25) is 9.78 Å². The number of benzene rings is 2. The van der Waals surface area contributed by atoms with Crippen LogP contribution < -0.4 is 15.5 Å². The summed E-state index contributed by atoms with van der Waals surface area (Å²) in [4.78, 5) is 21.9. The van der Waals surface area contributed by atoms with E-state index in [1.54, 1.807) is 28.9 Å². The lowest BCUT2D eigenvalue weighted by Crippen LogP contribution is -2.44. The van der Waals surface area contributed by atoms with Crippen LogP contribution in [0.3, 0.4) is 0 Å². The number of nitriles is 1. The number of aromatic nitrogens is 1. The van der Waals surface area contributed by atoms with Crippen LogP contribution >= 0.6 is 11.8 Å². The van der Waals surface area contributed by atoms with Crippen molar-refractivity contribution in [2.45, 2.75) is 30.3 Å². The van der Waals surface area contributed by atoms with Crippen molar-refractivity contribution in [1.29, 1.82) is 5.26 Å². The van der Waals surface area contributed by atoms with Gasteiger partial charge < -0.3 is 20.4 Å². The smallest absolute Gasteiger partial charge is 0.385 e. The highest BCUT2D eigenvalue weighted by atomic mass is 32.2. The third kappa shape index (κ3) is 8.00. The summed E-state index contributed by atoms with van der Waals surface area (Å²) in [6.45, 7) is 4.01. The van der Waals surface area contributed by atoms with E-state index in [4.69, 9.17) is 5.26 Å². The second kappa shape index (κ2) is 14.1. The van der Waals surface area contributed by atoms with Gasteiger partial charge in [0.1, 0.15) is 0 Å². The number of thioether (sulfide) groups is 1. The second-order valence-corrected chi connectivity index (χ2v) is 11.9. The van der Waals surface area contributed by atoms with Gasteiger partial charge in [-0.05, 0) is 60.7 Å². The fourth-order valence-corrected chi connectivity index (χ4v) is 6.76. The Bertz CT molecular complexity index is 1430. The second-order valence-electron chi connectivity index (χ2n) is 10.8. The first-order valence-corrected chi connectivity index (χ1v) is 15.6. The van der Waals surface area contributed by atoms with Gasteiger partial charge in [-0.1, -0.05) is 12.1 Å². The lowest BCUT2D eigenvalue weighted by atomic mass is 9.99. The topological polar surface area (TPSA) is 84.3 Å². The molecular weight excluding hydrogens is 573 g/mol. The minimum Gasteiger partial charge on any atom is -0.385 e. The van der Waals surface area contributed by atoms with E-state index >= 15 is 0 Å². The number of piperidine rings is 1.